The molecule has 0 radical (unpaired) electrons. The number of ketones is 1. The maximum Gasteiger partial charge on any atom is 0.342 e. The van der Waals surface area contributed by atoms with Crippen LogP contribution < -0.4 is 9.80 Å². The Kier molecular flexibility index (Phi) is 7.06. The van der Waals surface area contributed by atoms with Gasteiger partial charge in [0.15, 0.2) is 5.78 Å². The summed E-state index contributed by atoms with van der Waals surface area (Å²) in [6.07, 6.45) is -0.343. The van der Waals surface area contributed by atoms with E-state index >= 15 is 0 Å². The molecule has 1 saturated heterocycles. The average molecular weight is 573 g/mol. The number of aryl methyl sites for hydroxylation is 2. The third-order valence-electron chi connectivity index (χ3n) is 8.90. The molecule has 7 heteroatoms. The summed E-state index contributed by atoms with van der Waals surface area (Å²) in [4.78, 5) is 59.4. The third kappa shape index (κ3) is 4.66. The fraction of sp³-hybridized carbons (Fsp3) is 0.222. The normalized spacial score (nSPS) is 21.7. The van der Waals surface area contributed by atoms with Crippen molar-refractivity contribution in [2.45, 2.75) is 38.7 Å². The van der Waals surface area contributed by atoms with Gasteiger partial charge in [0.1, 0.15) is 5.41 Å². The van der Waals surface area contributed by atoms with Crippen LogP contribution in [0.1, 0.15) is 46.3 Å². The van der Waals surface area contributed by atoms with Gasteiger partial charge in [0.2, 0.25) is 0 Å². The maximum atomic E-state index is 14.6. The number of carbonyl (C=O) groups is 4. The molecule has 7 nitrogen and oxygen atoms in total. The van der Waals surface area contributed by atoms with Crippen LogP contribution in [-0.4, -0.2) is 28.7 Å². The highest BCUT2D eigenvalue weighted by Crippen LogP contribution is 2.54. The number of rotatable bonds is 5. The summed E-state index contributed by atoms with van der Waals surface area (Å²) in [6.45, 7) is 3.80. The number of Topliss-reactive ketones (excluding diaryl/α,β-unsaturated/α-hetero) is 1. The van der Waals surface area contributed by atoms with Crippen molar-refractivity contribution in [2.75, 3.05) is 9.80 Å². The van der Waals surface area contributed by atoms with E-state index in [0.29, 0.717) is 22.5 Å². The molecule has 1 aliphatic heterocycles. The van der Waals surface area contributed by atoms with E-state index in [-0.39, 0.29) is 25.0 Å². The first-order valence-electron chi connectivity index (χ1n) is 14.4. The Morgan fingerprint density at radius 1 is 0.674 bits per heavy atom. The van der Waals surface area contributed by atoms with Crippen molar-refractivity contribution in [3.8, 4) is 0 Å². The summed E-state index contributed by atoms with van der Waals surface area (Å²) < 4.78 is 0. The largest absolute Gasteiger partial charge is 0.384 e. The van der Waals surface area contributed by atoms with Crippen LogP contribution in [0.25, 0.3) is 0 Å². The van der Waals surface area contributed by atoms with E-state index in [1.807, 2.05) is 19.9 Å². The van der Waals surface area contributed by atoms with Gasteiger partial charge in [0, 0.05) is 5.56 Å². The highest BCUT2D eigenvalue weighted by molar-refractivity contribution is 6.38. The summed E-state index contributed by atoms with van der Waals surface area (Å²) in [7, 11) is 0. The topological polar surface area (TPSA) is 95.0 Å². The summed E-state index contributed by atoms with van der Waals surface area (Å²) in [5.41, 5.74) is 0.0684. The van der Waals surface area contributed by atoms with Crippen LogP contribution in [0.4, 0.5) is 16.2 Å². The number of benzene rings is 4. The maximum absolute atomic E-state index is 14.6. The van der Waals surface area contributed by atoms with Gasteiger partial charge in [-0.3, -0.25) is 14.4 Å². The second-order valence-corrected chi connectivity index (χ2v) is 11.6. The zero-order chi connectivity index (χ0) is 30.4. The Morgan fingerprint density at radius 3 is 1.63 bits per heavy atom. The van der Waals surface area contributed by atoms with E-state index in [9.17, 15) is 24.3 Å². The van der Waals surface area contributed by atoms with Crippen LogP contribution >= 0.6 is 0 Å². The van der Waals surface area contributed by atoms with Gasteiger partial charge >= 0.3 is 6.03 Å². The Labute approximate surface area is 250 Å². The molecule has 1 spiro atoms. The van der Waals surface area contributed by atoms with Gasteiger partial charge < -0.3 is 5.11 Å². The van der Waals surface area contributed by atoms with Crippen molar-refractivity contribution in [2.24, 2.45) is 11.3 Å². The first kappa shape index (κ1) is 28.2. The van der Waals surface area contributed by atoms with E-state index in [0.717, 1.165) is 20.9 Å². The van der Waals surface area contributed by atoms with Gasteiger partial charge in [0.05, 0.1) is 22.9 Å². The van der Waals surface area contributed by atoms with Gasteiger partial charge in [-0.05, 0) is 62.9 Å². The van der Waals surface area contributed by atoms with Crippen molar-refractivity contribution in [3.63, 3.8) is 0 Å². The van der Waals surface area contributed by atoms with Crippen LogP contribution in [0.2, 0.25) is 0 Å². The lowest BCUT2D eigenvalue weighted by atomic mass is 9.58. The minimum absolute atomic E-state index is 0.0323. The van der Waals surface area contributed by atoms with Crippen LogP contribution in [0.15, 0.2) is 109 Å². The van der Waals surface area contributed by atoms with Crippen LogP contribution in [0, 0.1) is 25.2 Å². The smallest absolute Gasteiger partial charge is 0.342 e. The predicted molar refractivity (Wildman–Crippen MR) is 164 cm³/mol. The zero-order valence-electron chi connectivity index (χ0n) is 24.1. The molecule has 2 unspecified atom stereocenters. The molecule has 1 aliphatic carbocycles. The molecule has 4 aromatic carbocycles. The lowest BCUT2D eigenvalue weighted by molar-refractivity contribution is -0.151. The van der Waals surface area contributed by atoms with E-state index in [1.165, 1.54) is 0 Å². The monoisotopic (exact) mass is 572 g/mol. The quantitative estimate of drug-likeness (QED) is 0.222. The summed E-state index contributed by atoms with van der Waals surface area (Å²) >= 11 is 0. The molecule has 0 bridgehead atoms. The molecular formula is C36H32N2O5. The van der Waals surface area contributed by atoms with Crippen LogP contribution in [0.3, 0.4) is 0 Å². The number of hydrogen-bond acceptors (Lipinski definition) is 5. The van der Waals surface area contributed by atoms with Crippen molar-refractivity contribution < 1.29 is 24.3 Å². The molecule has 2 aliphatic rings. The molecule has 1 N–H and O–H groups in total. The van der Waals surface area contributed by atoms with Gasteiger partial charge in [-0.2, -0.15) is 0 Å². The minimum atomic E-state index is -1.76. The average Bonchev–Trinajstić information content (AvgIpc) is 3.03. The summed E-state index contributed by atoms with van der Waals surface area (Å²) in [5.74, 6) is -2.87. The number of urea groups is 1. The number of hydrogen-bond donors (Lipinski definition) is 1. The third-order valence-corrected chi connectivity index (χ3v) is 8.90. The van der Waals surface area contributed by atoms with Crippen LogP contribution in [0.5, 0.6) is 0 Å². The molecule has 216 valence electrons. The number of anilines is 2. The molecule has 4 amide bonds. The Morgan fingerprint density at radius 2 is 1.14 bits per heavy atom. The standard InChI is InChI=1S/C36H32N2O5/c1-24-13-17-28(18-14-24)37-32(40)35(33(41)38(34(37)42)29-19-15-25(2)16-20-29)21-22-36(43,27-11-7-4-8-12-27)30(23-35)31(39)26-9-5-3-6-10-26/h3-20,30,43H,21-23H2,1-2H3. The number of amides is 4. The number of nitrogens with zero attached hydrogens (tertiary/aromatic N) is 2. The van der Waals surface area contributed by atoms with Crippen molar-refractivity contribution in [1.29, 1.82) is 0 Å². The molecule has 2 atom stereocenters. The molecule has 2 fully saturated rings. The molecule has 0 aromatic heterocycles. The molecule has 43 heavy (non-hydrogen) atoms. The first-order valence-corrected chi connectivity index (χ1v) is 14.4. The Hall–Kier alpha value is -4.88. The predicted octanol–water partition coefficient (Wildman–Crippen LogP) is 6.36. The van der Waals surface area contributed by atoms with E-state index in [2.05, 4.69) is 0 Å². The highest BCUT2D eigenvalue weighted by atomic mass is 16.3. The summed E-state index contributed by atoms with van der Waals surface area (Å²) in [6, 6.07) is 30.6. The van der Waals surface area contributed by atoms with Gasteiger partial charge in [0.25, 0.3) is 11.8 Å². The second kappa shape index (κ2) is 10.7. The van der Waals surface area contributed by atoms with Crippen molar-refractivity contribution in [1.82, 2.24) is 0 Å². The number of carbonyl (C=O) groups excluding carboxylic acids is 4. The fourth-order valence-corrected chi connectivity index (χ4v) is 6.41. The molecule has 4 aromatic rings. The van der Waals surface area contributed by atoms with Crippen molar-refractivity contribution >= 4 is 35.0 Å². The minimum Gasteiger partial charge on any atom is -0.384 e. The lowest BCUT2D eigenvalue weighted by Crippen LogP contribution is -2.68. The lowest BCUT2D eigenvalue weighted by Gasteiger charge is -2.51. The first-order chi connectivity index (χ1) is 20.7. The summed E-state index contributed by atoms with van der Waals surface area (Å²) in [5, 5.41) is 12.3. The van der Waals surface area contributed by atoms with E-state index < -0.39 is 34.8 Å². The number of aliphatic hydroxyl groups is 1. The fourth-order valence-electron chi connectivity index (χ4n) is 6.41. The molecule has 6 rings (SSSR count). The van der Waals surface area contributed by atoms with Crippen LogP contribution in [-0.2, 0) is 15.2 Å². The SMILES string of the molecule is Cc1ccc(N2C(=O)N(c3ccc(C)cc3)C(=O)C3(CCC(O)(c4ccccc4)C(C(=O)c4ccccc4)C3)C2=O)cc1. The molecular weight excluding hydrogens is 540 g/mol. The second-order valence-electron chi connectivity index (χ2n) is 11.6. The number of barbiturate groups is 1. The Bertz CT molecular complexity index is 1630. The van der Waals surface area contributed by atoms with Crippen molar-refractivity contribution in [3.05, 3.63) is 131 Å². The molecule has 1 heterocycles. The number of imide groups is 2. The van der Waals surface area contributed by atoms with Gasteiger partial charge in [-0.25, -0.2) is 14.6 Å². The highest BCUT2D eigenvalue weighted by Gasteiger charge is 2.64. The van der Waals surface area contributed by atoms with Gasteiger partial charge in [-0.15, -0.1) is 0 Å². The van der Waals surface area contributed by atoms with E-state index in [1.54, 1.807) is 103 Å². The zero-order valence-corrected chi connectivity index (χ0v) is 24.1. The van der Waals surface area contributed by atoms with Gasteiger partial charge in [-0.1, -0.05) is 96.1 Å². The molecule has 1 saturated carbocycles. The Balaban J connectivity index is 1.52. The van der Waals surface area contributed by atoms with E-state index in [4.69, 9.17) is 0 Å².